The van der Waals surface area contributed by atoms with Crippen LogP contribution in [0.15, 0.2) is 47.8 Å². The third-order valence-electron chi connectivity index (χ3n) is 4.36. The van der Waals surface area contributed by atoms with E-state index in [-0.39, 0.29) is 17.7 Å². The predicted molar refractivity (Wildman–Crippen MR) is 100 cm³/mol. The van der Waals surface area contributed by atoms with Crippen LogP contribution in [0.25, 0.3) is 0 Å². The molecule has 1 aromatic carbocycles. The van der Waals surface area contributed by atoms with Gasteiger partial charge in [0.25, 0.3) is 11.8 Å². The van der Waals surface area contributed by atoms with Crippen LogP contribution in [0.5, 0.6) is 0 Å². The molecule has 0 radical (unpaired) electrons. The van der Waals surface area contributed by atoms with Gasteiger partial charge >= 0.3 is 0 Å². The van der Waals surface area contributed by atoms with E-state index >= 15 is 0 Å². The Morgan fingerprint density at radius 3 is 2.23 bits per heavy atom. The molecule has 0 spiro atoms. The van der Waals surface area contributed by atoms with Crippen molar-refractivity contribution in [3.63, 3.8) is 0 Å². The summed E-state index contributed by atoms with van der Waals surface area (Å²) in [5.41, 5.74) is 0.656. The van der Waals surface area contributed by atoms with Gasteiger partial charge in [-0.05, 0) is 30.5 Å². The molecule has 0 bridgehead atoms. The summed E-state index contributed by atoms with van der Waals surface area (Å²) < 4.78 is 0. The van der Waals surface area contributed by atoms with E-state index in [0.29, 0.717) is 36.6 Å². The van der Waals surface area contributed by atoms with Gasteiger partial charge in [0.05, 0.1) is 4.88 Å². The van der Waals surface area contributed by atoms with E-state index in [1.807, 2.05) is 23.6 Å². The maximum Gasteiger partial charge on any atom is 0.261 e. The molecule has 1 unspecified atom stereocenters. The fourth-order valence-electron chi connectivity index (χ4n) is 2.90. The number of carbonyl (C=O) groups excluding carboxylic acids is 3. The molecule has 1 saturated heterocycles. The van der Waals surface area contributed by atoms with Crippen LogP contribution in [-0.2, 0) is 4.79 Å². The Morgan fingerprint density at radius 1 is 0.962 bits per heavy atom. The fraction of sp³-hybridized carbons (Fsp3) is 0.316. The van der Waals surface area contributed by atoms with Crippen LogP contribution in [0.3, 0.4) is 0 Å². The number of benzene rings is 1. The second-order valence-corrected chi connectivity index (χ2v) is 7.10. The summed E-state index contributed by atoms with van der Waals surface area (Å²) in [6, 6.07) is 12.1. The van der Waals surface area contributed by atoms with E-state index < -0.39 is 6.04 Å². The van der Waals surface area contributed by atoms with Gasteiger partial charge in [-0.2, -0.15) is 0 Å². The molecule has 1 aliphatic rings. The maximum atomic E-state index is 12.6. The van der Waals surface area contributed by atoms with Gasteiger partial charge in [0.15, 0.2) is 0 Å². The number of hydrogen-bond donors (Lipinski definition) is 1. The number of rotatable bonds is 4. The lowest BCUT2D eigenvalue weighted by Gasteiger charge is -2.36. The number of nitrogens with one attached hydrogen (secondary N) is 1. The SMILES string of the molecule is CC(NC(=O)c1cccs1)C(=O)N1CCN(C(=O)c2ccccc2)CC1. The quantitative estimate of drug-likeness (QED) is 0.892. The van der Waals surface area contributed by atoms with Crippen molar-refractivity contribution in [3.8, 4) is 0 Å². The Morgan fingerprint density at radius 2 is 1.62 bits per heavy atom. The molecule has 3 amide bonds. The van der Waals surface area contributed by atoms with Gasteiger partial charge in [-0.1, -0.05) is 24.3 Å². The van der Waals surface area contributed by atoms with Crippen molar-refractivity contribution >= 4 is 29.1 Å². The maximum absolute atomic E-state index is 12.6. The van der Waals surface area contributed by atoms with E-state index in [1.165, 1.54) is 11.3 Å². The normalized spacial score (nSPS) is 15.4. The average molecular weight is 371 g/mol. The summed E-state index contributed by atoms with van der Waals surface area (Å²) in [6.45, 7) is 3.61. The molecule has 2 aromatic rings. The molecule has 1 atom stereocenters. The van der Waals surface area contributed by atoms with Gasteiger partial charge in [-0.3, -0.25) is 14.4 Å². The minimum Gasteiger partial charge on any atom is -0.340 e. The van der Waals surface area contributed by atoms with E-state index in [2.05, 4.69) is 5.32 Å². The monoisotopic (exact) mass is 371 g/mol. The van der Waals surface area contributed by atoms with Crippen molar-refractivity contribution in [2.45, 2.75) is 13.0 Å². The fourth-order valence-corrected chi connectivity index (χ4v) is 3.53. The van der Waals surface area contributed by atoms with Crippen molar-refractivity contribution < 1.29 is 14.4 Å². The molecular weight excluding hydrogens is 350 g/mol. The zero-order valence-electron chi connectivity index (χ0n) is 14.6. The number of piperazine rings is 1. The van der Waals surface area contributed by atoms with Gasteiger partial charge in [0.1, 0.15) is 6.04 Å². The molecule has 26 heavy (non-hydrogen) atoms. The first kappa shape index (κ1) is 18.1. The van der Waals surface area contributed by atoms with Crippen LogP contribution in [0, 0.1) is 0 Å². The van der Waals surface area contributed by atoms with Crippen molar-refractivity contribution in [2.24, 2.45) is 0 Å². The Labute approximate surface area is 156 Å². The minimum atomic E-state index is -0.596. The van der Waals surface area contributed by atoms with Crippen LogP contribution in [0.4, 0.5) is 0 Å². The number of hydrogen-bond acceptors (Lipinski definition) is 4. The highest BCUT2D eigenvalue weighted by molar-refractivity contribution is 7.12. The smallest absolute Gasteiger partial charge is 0.261 e. The van der Waals surface area contributed by atoms with E-state index in [0.717, 1.165) is 0 Å². The van der Waals surface area contributed by atoms with Crippen LogP contribution >= 0.6 is 11.3 Å². The number of thiophene rings is 1. The predicted octanol–water partition coefficient (Wildman–Crippen LogP) is 1.85. The molecule has 1 fully saturated rings. The lowest BCUT2D eigenvalue weighted by molar-refractivity contribution is -0.134. The molecule has 1 N–H and O–H groups in total. The van der Waals surface area contributed by atoms with Gasteiger partial charge < -0.3 is 15.1 Å². The molecule has 0 saturated carbocycles. The topological polar surface area (TPSA) is 69.7 Å². The van der Waals surface area contributed by atoms with Gasteiger partial charge in [0, 0.05) is 31.7 Å². The zero-order valence-corrected chi connectivity index (χ0v) is 15.4. The molecule has 6 nitrogen and oxygen atoms in total. The van der Waals surface area contributed by atoms with Gasteiger partial charge in [-0.15, -0.1) is 11.3 Å². The highest BCUT2D eigenvalue weighted by Crippen LogP contribution is 2.11. The highest BCUT2D eigenvalue weighted by atomic mass is 32.1. The Hall–Kier alpha value is -2.67. The highest BCUT2D eigenvalue weighted by Gasteiger charge is 2.28. The summed E-state index contributed by atoms with van der Waals surface area (Å²) in [5, 5.41) is 4.56. The summed E-state index contributed by atoms with van der Waals surface area (Å²) >= 11 is 1.34. The molecule has 2 heterocycles. The molecular formula is C19H21N3O3S. The lowest BCUT2D eigenvalue weighted by atomic mass is 10.1. The van der Waals surface area contributed by atoms with Gasteiger partial charge in [-0.25, -0.2) is 0 Å². The molecule has 1 aliphatic heterocycles. The summed E-state index contributed by atoms with van der Waals surface area (Å²) in [4.78, 5) is 41.1. The lowest BCUT2D eigenvalue weighted by Crippen LogP contribution is -2.55. The first-order valence-electron chi connectivity index (χ1n) is 8.54. The first-order chi connectivity index (χ1) is 12.6. The second kappa shape index (κ2) is 8.14. The van der Waals surface area contributed by atoms with E-state index in [1.54, 1.807) is 41.0 Å². The summed E-state index contributed by atoms with van der Waals surface area (Å²) in [5.74, 6) is -0.378. The molecule has 0 aliphatic carbocycles. The van der Waals surface area contributed by atoms with Crippen molar-refractivity contribution in [3.05, 3.63) is 58.3 Å². The standard InChI is InChI=1S/C19H21N3O3S/c1-14(20-17(23)16-8-5-13-26-16)18(24)21-9-11-22(12-10-21)19(25)15-6-3-2-4-7-15/h2-8,13-14H,9-12H2,1H3,(H,20,23). The Kier molecular flexibility index (Phi) is 5.68. The Bertz CT molecular complexity index is 769. The van der Waals surface area contributed by atoms with Crippen LogP contribution in [0.2, 0.25) is 0 Å². The zero-order chi connectivity index (χ0) is 18.5. The second-order valence-electron chi connectivity index (χ2n) is 6.16. The summed E-state index contributed by atoms with van der Waals surface area (Å²) in [6.07, 6.45) is 0. The number of carbonyl (C=O) groups is 3. The third-order valence-corrected chi connectivity index (χ3v) is 5.23. The van der Waals surface area contributed by atoms with E-state index in [4.69, 9.17) is 0 Å². The van der Waals surface area contributed by atoms with Gasteiger partial charge in [0.2, 0.25) is 5.91 Å². The summed E-state index contributed by atoms with van der Waals surface area (Å²) in [7, 11) is 0. The molecule has 1 aromatic heterocycles. The third kappa shape index (κ3) is 4.11. The molecule has 136 valence electrons. The first-order valence-corrected chi connectivity index (χ1v) is 9.41. The largest absolute Gasteiger partial charge is 0.340 e. The van der Waals surface area contributed by atoms with Crippen LogP contribution < -0.4 is 5.32 Å². The van der Waals surface area contributed by atoms with E-state index in [9.17, 15) is 14.4 Å². The van der Waals surface area contributed by atoms with Crippen molar-refractivity contribution in [2.75, 3.05) is 26.2 Å². The van der Waals surface area contributed by atoms with Crippen molar-refractivity contribution in [1.29, 1.82) is 0 Å². The number of amides is 3. The Balaban J connectivity index is 1.51. The average Bonchev–Trinajstić information content (AvgIpc) is 3.22. The van der Waals surface area contributed by atoms with Crippen LogP contribution in [-0.4, -0.2) is 59.7 Å². The van der Waals surface area contributed by atoms with Crippen molar-refractivity contribution in [1.82, 2.24) is 15.1 Å². The molecule has 3 rings (SSSR count). The minimum absolute atomic E-state index is 0.0169. The molecule has 7 heteroatoms. The van der Waals surface area contributed by atoms with Crippen LogP contribution in [0.1, 0.15) is 27.0 Å². The number of nitrogens with zero attached hydrogens (tertiary/aromatic N) is 2.